The van der Waals surface area contributed by atoms with Crippen LogP contribution in [0.1, 0.15) is 6.42 Å². The number of nitrogens with one attached hydrogen (secondary N) is 2. The first kappa shape index (κ1) is 16.2. The summed E-state index contributed by atoms with van der Waals surface area (Å²) in [5.74, 6) is -0.680. The fraction of sp³-hybridized carbons (Fsp3) is 0.385. The zero-order valence-electron chi connectivity index (χ0n) is 11.1. The van der Waals surface area contributed by atoms with Crippen LogP contribution in [-0.2, 0) is 4.79 Å². The number of carboxylic acid groups (broad SMARTS) is 1. The molecule has 20 heavy (non-hydrogen) atoms. The molecular formula is C13H18N2O4S. The number of rotatable bonds is 7. The smallest absolute Gasteiger partial charge is 0.303 e. The molecule has 1 aromatic carbocycles. The standard InChI is InChI=1S/C13H18N2O4S/c1-19-11-5-3-2-4-10(11)15-13(20)14-7-9(8-16)6-12(17)18/h2-5,9,16H,6-8H2,1H3,(H,17,18)(H2,14,15,20). The highest BCUT2D eigenvalue weighted by molar-refractivity contribution is 7.80. The Kier molecular flexibility index (Phi) is 6.75. The van der Waals surface area contributed by atoms with Gasteiger partial charge in [-0.05, 0) is 24.4 Å². The predicted molar refractivity (Wildman–Crippen MR) is 80.0 cm³/mol. The first-order valence-corrected chi connectivity index (χ1v) is 6.48. The van der Waals surface area contributed by atoms with Gasteiger partial charge in [0.25, 0.3) is 0 Å². The van der Waals surface area contributed by atoms with Crippen LogP contribution in [-0.4, -0.2) is 41.6 Å². The Morgan fingerprint density at radius 2 is 2.15 bits per heavy atom. The molecule has 4 N–H and O–H groups in total. The van der Waals surface area contributed by atoms with Gasteiger partial charge in [0.15, 0.2) is 5.11 Å². The van der Waals surface area contributed by atoms with E-state index in [9.17, 15) is 4.79 Å². The Balaban J connectivity index is 2.49. The molecule has 0 bridgehead atoms. The summed E-state index contributed by atoms with van der Waals surface area (Å²) in [6, 6.07) is 7.29. The summed E-state index contributed by atoms with van der Waals surface area (Å²) in [5.41, 5.74) is 0.714. The van der Waals surface area contributed by atoms with Gasteiger partial charge < -0.3 is 25.6 Å². The van der Waals surface area contributed by atoms with Crippen molar-refractivity contribution in [3.63, 3.8) is 0 Å². The van der Waals surface area contributed by atoms with Gasteiger partial charge in [-0.3, -0.25) is 4.79 Å². The van der Waals surface area contributed by atoms with Gasteiger partial charge in [0.1, 0.15) is 5.75 Å². The van der Waals surface area contributed by atoms with Crippen LogP contribution >= 0.6 is 12.2 Å². The molecule has 0 aliphatic rings. The maximum atomic E-state index is 10.6. The van der Waals surface area contributed by atoms with E-state index >= 15 is 0 Å². The average Bonchev–Trinajstić information content (AvgIpc) is 2.43. The number of carbonyl (C=O) groups is 1. The van der Waals surface area contributed by atoms with Crippen molar-refractivity contribution in [3.05, 3.63) is 24.3 Å². The van der Waals surface area contributed by atoms with E-state index in [2.05, 4.69) is 10.6 Å². The topological polar surface area (TPSA) is 90.8 Å². The molecule has 1 atom stereocenters. The number of hydrogen-bond donors (Lipinski definition) is 4. The summed E-state index contributed by atoms with van der Waals surface area (Å²) < 4.78 is 5.18. The van der Waals surface area contributed by atoms with E-state index in [4.69, 9.17) is 27.2 Å². The number of ether oxygens (including phenoxy) is 1. The molecule has 0 fully saturated rings. The van der Waals surface area contributed by atoms with E-state index in [1.807, 2.05) is 18.2 Å². The molecule has 1 unspecified atom stereocenters. The molecule has 0 aromatic heterocycles. The van der Waals surface area contributed by atoms with Gasteiger partial charge in [-0.15, -0.1) is 0 Å². The second kappa shape index (κ2) is 8.34. The van der Waals surface area contributed by atoms with Crippen molar-refractivity contribution in [2.75, 3.05) is 25.6 Å². The maximum absolute atomic E-state index is 10.6. The summed E-state index contributed by atoms with van der Waals surface area (Å²) in [4.78, 5) is 10.6. The molecule has 0 radical (unpaired) electrons. The fourth-order valence-electron chi connectivity index (χ4n) is 1.60. The number of benzene rings is 1. The van der Waals surface area contributed by atoms with Gasteiger partial charge in [-0.2, -0.15) is 0 Å². The highest BCUT2D eigenvalue weighted by atomic mass is 32.1. The molecule has 7 heteroatoms. The molecule has 0 amide bonds. The molecular weight excluding hydrogens is 280 g/mol. The van der Waals surface area contributed by atoms with Crippen molar-refractivity contribution >= 4 is 29.0 Å². The summed E-state index contributed by atoms with van der Waals surface area (Å²) in [5, 5.41) is 23.9. The Morgan fingerprint density at radius 1 is 1.45 bits per heavy atom. The lowest BCUT2D eigenvalue weighted by molar-refractivity contribution is -0.138. The number of hydrogen-bond acceptors (Lipinski definition) is 4. The van der Waals surface area contributed by atoms with Crippen LogP contribution in [0.2, 0.25) is 0 Å². The Hall–Kier alpha value is -1.86. The van der Waals surface area contributed by atoms with E-state index in [-0.39, 0.29) is 25.5 Å². The monoisotopic (exact) mass is 298 g/mol. The number of aliphatic carboxylic acids is 1. The van der Waals surface area contributed by atoms with Crippen LogP contribution in [0.25, 0.3) is 0 Å². The largest absolute Gasteiger partial charge is 0.495 e. The van der Waals surface area contributed by atoms with Crippen LogP contribution in [0.5, 0.6) is 5.75 Å². The van der Waals surface area contributed by atoms with E-state index in [1.165, 1.54) is 0 Å². The second-order valence-corrected chi connectivity index (χ2v) is 4.59. The fourth-order valence-corrected chi connectivity index (χ4v) is 1.79. The van der Waals surface area contributed by atoms with Crippen LogP contribution in [0, 0.1) is 5.92 Å². The summed E-state index contributed by atoms with van der Waals surface area (Å²) in [6.07, 6.45) is -0.110. The molecule has 0 heterocycles. The van der Waals surface area contributed by atoms with E-state index < -0.39 is 5.97 Å². The second-order valence-electron chi connectivity index (χ2n) is 4.18. The highest BCUT2D eigenvalue weighted by Gasteiger charge is 2.12. The summed E-state index contributed by atoms with van der Waals surface area (Å²) in [6.45, 7) is 0.0698. The van der Waals surface area contributed by atoms with Crippen LogP contribution < -0.4 is 15.4 Å². The summed E-state index contributed by atoms with van der Waals surface area (Å²) >= 11 is 5.12. The normalized spacial score (nSPS) is 11.5. The number of aliphatic hydroxyl groups is 1. The van der Waals surface area contributed by atoms with Crippen molar-refractivity contribution in [1.82, 2.24) is 5.32 Å². The van der Waals surface area contributed by atoms with Gasteiger partial charge in [-0.25, -0.2) is 0 Å². The van der Waals surface area contributed by atoms with Crippen molar-refractivity contribution in [1.29, 1.82) is 0 Å². The van der Waals surface area contributed by atoms with E-state index in [0.717, 1.165) is 0 Å². The molecule has 6 nitrogen and oxygen atoms in total. The minimum absolute atomic E-state index is 0.110. The van der Waals surface area contributed by atoms with Crippen molar-refractivity contribution < 1.29 is 19.7 Å². The van der Waals surface area contributed by atoms with Gasteiger partial charge in [0, 0.05) is 19.1 Å². The van der Waals surface area contributed by atoms with Crippen molar-refractivity contribution in [2.45, 2.75) is 6.42 Å². The number of aliphatic hydroxyl groups excluding tert-OH is 1. The lowest BCUT2D eigenvalue weighted by atomic mass is 10.1. The van der Waals surface area contributed by atoms with Gasteiger partial charge in [0.05, 0.1) is 19.2 Å². The van der Waals surface area contributed by atoms with Crippen molar-refractivity contribution in [2.24, 2.45) is 5.92 Å². The summed E-state index contributed by atoms with van der Waals surface area (Å²) in [7, 11) is 1.56. The predicted octanol–water partition coefficient (Wildman–Crippen LogP) is 1.06. The van der Waals surface area contributed by atoms with Gasteiger partial charge in [-0.1, -0.05) is 12.1 Å². The SMILES string of the molecule is COc1ccccc1NC(=S)NCC(CO)CC(=O)O. The van der Waals surface area contributed by atoms with Crippen LogP contribution in [0.3, 0.4) is 0 Å². The Labute approximate surface area is 122 Å². The first-order chi connectivity index (χ1) is 9.56. The van der Waals surface area contributed by atoms with E-state index in [1.54, 1.807) is 13.2 Å². The molecule has 110 valence electrons. The third-order valence-corrected chi connectivity index (χ3v) is 2.87. The van der Waals surface area contributed by atoms with E-state index in [0.29, 0.717) is 16.5 Å². The third kappa shape index (κ3) is 5.41. The molecule has 0 saturated carbocycles. The minimum Gasteiger partial charge on any atom is -0.495 e. The number of carboxylic acids is 1. The molecule has 1 aromatic rings. The number of anilines is 1. The van der Waals surface area contributed by atoms with Gasteiger partial charge >= 0.3 is 5.97 Å². The quantitative estimate of drug-likeness (QED) is 0.560. The lowest BCUT2D eigenvalue weighted by Crippen LogP contribution is -2.34. The molecule has 0 aliphatic heterocycles. The number of methoxy groups -OCH3 is 1. The first-order valence-electron chi connectivity index (χ1n) is 6.07. The van der Waals surface area contributed by atoms with Crippen LogP contribution in [0.15, 0.2) is 24.3 Å². The minimum atomic E-state index is -0.950. The van der Waals surface area contributed by atoms with Crippen LogP contribution in [0.4, 0.5) is 5.69 Å². The third-order valence-electron chi connectivity index (χ3n) is 2.63. The lowest BCUT2D eigenvalue weighted by Gasteiger charge is -2.16. The molecule has 1 rings (SSSR count). The van der Waals surface area contributed by atoms with Gasteiger partial charge in [0.2, 0.25) is 0 Å². The zero-order chi connectivity index (χ0) is 15.0. The molecule has 0 saturated heterocycles. The molecule has 0 spiro atoms. The van der Waals surface area contributed by atoms with Crippen molar-refractivity contribution in [3.8, 4) is 5.75 Å². The number of thiocarbonyl (C=S) groups is 1. The average molecular weight is 298 g/mol. The Morgan fingerprint density at radius 3 is 2.75 bits per heavy atom. The maximum Gasteiger partial charge on any atom is 0.303 e. The Bertz CT molecular complexity index is 467. The highest BCUT2D eigenvalue weighted by Crippen LogP contribution is 2.22. The zero-order valence-corrected chi connectivity index (χ0v) is 11.9. The molecule has 0 aliphatic carbocycles. The number of para-hydroxylation sites is 2.